The molecule has 0 saturated heterocycles. The largest absolute Gasteiger partial charge is 0.362 e. The van der Waals surface area contributed by atoms with Crippen LogP contribution in [0.3, 0.4) is 0 Å². The highest BCUT2D eigenvalue weighted by Crippen LogP contribution is 2.19. The van der Waals surface area contributed by atoms with Crippen LogP contribution < -0.4 is 10.6 Å². The highest BCUT2D eigenvalue weighted by molar-refractivity contribution is 14.1. The average Bonchev–Trinajstić information content (AvgIpc) is 2.48. The summed E-state index contributed by atoms with van der Waals surface area (Å²) >= 11 is 7.35. The first kappa shape index (κ1) is 16.4. The molecule has 0 saturated carbocycles. The fourth-order valence-corrected chi connectivity index (χ4v) is 3.06. The van der Waals surface area contributed by atoms with Gasteiger partial charge in [0.1, 0.15) is 0 Å². The predicted molar refractivity (Wildman–Crippen MR) is 98.4 cm³/mol. The van der Waals surface area contributed by atoms with Crippen molar-refractivity contribution < 1.29 is 4.79 Å². The topological polar surface area (TPSA) is 41.1 Å². The molecule has 0 aliphatic heterocycles. The van der Waals surface area contributed by atoms with Crippen LogP contribution in [0.15, 0.2) is 35.9 Å². The summed E-state index contributed by atoms with van der Waals surface area (Å²) in [6, 6.07) is 7.44. The van der Waals surface area contributed by atoms with Gasteiger partial charge in [-0.25, -0.2) is 0 Å². The van der Waals surface area contributed by atoms with Crippen molar-refractivity contribution in [2.75, 3.05) is 6.54 Å². The van der Waals surface area contributed by atoms with E-state index in [0.29, 0.717) is 10.7 Å². The Labute approximate surface area is 144 Å². The molecule has 0 bridgehead atoms. The molecule has 0 spiro atoms. The number of hydrogen-bond donors (Lipinski definition) is 2. The molecule has 2 N–H and O–H groups in total. The minimum atomic E-state index is -0.164. The lowest BCUT2D eigenvalue weighted by molar-refractivity contribution is 0.0976. The van der Waals surface area contributed by atoms with Crippen LogP contribution in [0.2, 0.25) is 0 Å². The van der Waals surface area contributed by atoms with Crippen LogP contribution in [-0.4, -0.2) is 17.6 Å². The van der Waals surface area contributed by atoms with Crippen molar-refractivity contribution in [1.82, 2.24) is 10.6 Å². The number of carbonyl (C=O) groups is 1. The molecule has 1 aliphatic carbocycles. The normalized spacial score (nSPS) is 14.2. The molecular weight excluding hydrogens is 395 g/mol. The number of halogens is 1. The van der Waals surface area contributed by atoms with Crippen LogP contribution in [0, 0.1) is 3.57 Å². The van der Waals surface area contributed by atoms with E-state index in [1.54, 1.807) is 6.07 Å². The fraction of sp³-hybridized carbons (Fsp3) is 0.375. The second-order valence-electron chi connectivity index (χ2n) is 5.08. The molecule has 1 amide bonds. The lowest BCUT2D eigenvalue weighted by atomic mass is 9.97. The number of amides is 1. The van der Waals surface area contributed by atoms with E-state index in [1.165, 1.54) is 31.3 Å². The summed E-state index contributed by atoms with van der Waals surface area (Å²) in [6.45, 7) is 0.775. The van der Waals surface area contributed by atoms with Gasteiger partial charge in [-0.2, -0.15) is 0 Å². The third kappa shape index (κ3) is 5.74. The van der Waals surface area contributed by atoms with Crippen molar-refractivity contribution in [1.29, 1.82) is 0 Å². The summed E-state index contributed by atoms with van der Waals surface area (Å²) in [5.41, 5.74) is 2.13. The van der Waals surface area contributed by atoms with Crippen LogP contribution in [-0.2, 0) is 0 Å². The standard InChI is InChI=1S/C16H19IN2OS/c17-14-8-4-7-13(11-14)15(20)19-16(21)18-10-9-12-5-2-1-3-6-12/h4-5,7-8,11H,1-3,6,9-10H2,(H2,18,19,20,21). The van der Waals surface area contributed by atoms with Crippen molar-refractivity contribution in [3.63, 3.8) is 0 Å². The van der Waals surface area contributed by atoms with E-state index in [2.05, 4.69) is 39.3 Å². The van der Waals surface area contributed by atoms with Gasteiger partial charge in [0.25, 0.3) is 5.91 Å². The molecule has 1 aliphatic rings. The zero-order valence-corrected chi connectivity index (χ0v) is 14.8. The maximum Gasteiger partial charge on any atom is 0.257 e. The molecule has 1 aromatic rings. The Kier molecular flexibility index (Phi) is 6.63. The quantitative estimate of drug-likeness (QED) is 0.448. The van der Waals surface area contributed by atoms with E-state index in [4.69, 9.17) is 12.2 Å². The summed E-state index contributed by atoms with van der Waals surface area (Å²) in [7, 11) is 0. The van der Waals surface area contributed by atoms with E-state index in [1.807, 2.05) is 18.2 Å². The van der Waals surface area contributed by atoms with Gasteiger partial charge in [0.05, 0.1) is 0 Å². The summed E-state index contributed by atoms with van der Waals surface area (Å²) in [5, 5.41) is 6.22. The minimum Gasteiger partial charge on any atom is -0.362 e. The summed E-state index contributed by atoms with van der Waals surface area (Å²) in [4.78, 5) is 12.0. The van der Waals surface area contributed by atoms with Crippen LogP contribution in [0.1, 0.15) is 42.5 Å². The summed E-state index contributed by atoms with van der Waals surface area (Å²) < 4.78 is 1.03. The van der Waals surface area contributed by atoms with E-state index in [0.717, 1.165) is 16.5 Å². The Morgan fingerprint density at radius 2 is 2.19 bits per heavy atom. The van der Waals surface area contributed by atoms with Crippen molar-refractivity contribution in [2.45, 2.75) is 32.1 Å². The number of rotatable bonds is 4. The Hall–Kier alpha value is -0.950. The van der Waals surface area contributed by atoms with Crippen molar-refractivity contribution in [3.8, 4) is 0 Å². The zero-order valence-electron chi connectivity index (χ0n) is 11.8. The monoisotopic (exact) mass is 414 g/mol. The molecule has 0 unspecified atom stereocenters. The van der Waals surface area contributed by atoms with Crippen molar-refractivity contribution in [2.24, 2.45) is 0 Å². The van der Waals surface area contributed by atoms with Gasteiger partial charge in [0.2, 0.25) is 0 Å². The van der Waals surface area contributed by atoms with E-state index in [9.17, 15) is 4.79 Å². The number of benzene rings is 1. The van der Waals surface area contributed by atoms with Gasteiger partial charge in [0, 0.05) is 15.7 Å². The molecular formula is C16H19IN2OS. The van der Waals surface area contributed by atoms with E-state index in [-0.39, 0.29) is 5.91 Å². The summed E-state index contributed by atoms with van der Waals surface area (Å²) in [6.07, 6.45) is 8.32. The van der Waals surface area contributed by atoms with Crippen LogP contribution in [0.25, 0.3) is 0 Å². The second-order valence-corrected chi connectivity index (χ2v) is 6.73. The number of hydrogen-bond acceptors (Lipinski definition) is 2. The smallest absolute Gasteiger partial charge is 0.257 e. The molecule has 0 atom stereocenters. The third-order valence-electron chi connectivity index (χ3n) is 3.43. The molecule has 0 fully saturated rings. The maximum absolute atomic E-state index is 12.0. The Balaban J connectivity index is 1.74. The van der Waals surface area contributed by atoms with Gasteiger partial charge >= 0.3 is 0 Å². The molecule has 3 nitrogen and oxygen atoms in total. The SMILES string of the molecule is O=C(NC(=S)NCCC1=CCCCC1)c1cccc(I)c1. The molecule has 1 aromatic carbocycles. The molecule has 21 heavy (non-hydrogen) atoms. The van der Waals surface area contributed by atoms with Gasteiger partial charge in [-0.3, -0.25) is 10.1 Å². The van der Waals surface area contributed by atoms with Gasteiger partial charge in [-0.05, 0) is 85.1 Å². The van der Waals surface area contributed by atoms with Crippen molar-refractivity contribution in [3.05, 3.63) is 45.0 Å². The molecule has 112 valence electrons. The fourth-order valence-electron chi connectivity index (χ4n) is 2.32. The van der Waals surface area contributed by atoms with Crippen LogP contribution in [0.4, 0.5) is 0 Å². The highest BCUT2D eigenvalue weighted by Gasteiger charge is 2.08. The highest BCUT2D eigenvalue weighted by atomic mass is 127. The van der Waals surface area contributed by atoms with Crippen LogP contribution in [0.5, 0.6) is 0 Å². The lowest BCUT2D eigenvalue weighted by Crippen LogP contribution is -2.39. The van der Waals surface area contributed by atoms with Crippen molar-refractivity contribution >= 4 is 45.8 Å². The minimum absolute atomic E-state index is 0.164. The third-order valence-corrected chi connectivity index (χ3v) is 4.35. The molecule has 5 heteroatoms. The van der Waals surface area contributed by atoms with E-state index < -0.39 is 0 Å². The van der Waals surface area contributed by atoms with Gasteiger partial charge in [-0.1, -0.05) is 17.7 Å². The Morgan fingerprint density at radius 3 is 2.90 bits per heavy atom. The van der Waals surface area contributed by atoms with Gasteiger partial charge in [-0.15, -0.1) is 0 Å². The zero-order chi connectivity index (χ0) is 15.1. The predicted octanol–water partition coefficient (Wildman–Crippen LogP) is 3.79. The molecule has 0 radical (unpaired) electrons. The summed E-state index contributed by atoms with van der Waals surface area (Å²) in [5.74, 6) is -0.164. The number of allylic oxidation sites excluding steroid dienone is 1. The van der Waals surface area contributed by atoms with Crippen LogP contribution >= 0.6 is 34.8 Å². The average molecular weight is 414 g/mol. The lowest BCUT2D eigenvalue weighted by Gasteiger charge is -2.14. The first-order valence-corrected chi connectivity index (χ1v) is 8.66. The van der Waals surface area contributed by atoms with Gasteiger partial charge in [0.15, 0.2) is 5.11 Å². The first-order valence-electron chi connectivity index (χ1n) is 7.18. The van der Waals surface area contributed by atoms with E-state index >= 15 is 0 Å². The Bertz CT molecular complexity index is 557. The Morgan fingerprint density at radius 1 is 1.33 bits per heavy atom. The number of carbonyl (C=O) groups excluding carboxylic acids is 1. The number of thiocarbonyl (C=S) groups is 1. The molecule has 0 aromatic heterocycles. The molecule has 0 heterocycles. The first-order chi connectivity index (χ1) is 10.1. The number of nitrogens with one attached hydrogen (secondary N) is 2. The maximum atomic E-state index is 12.0. The second kappa shape index (κ2) is 8.48. The molecule has 2 rings (SSSR count). The van der Waals surface area contributed by atoms with Gasteiger partial charge < -0.3 is 5.32 Å².